The van der Waals surface area contributed by atoms with E-state index in [4.69, 9.17) is 0 Å². The first-order chi connectivity index (χ1) is 14.6. The Bertz CT molecular complexity index is 1320. The van der Waals surface area contributed by atoms with Crippen molar-refractivity contribution < 1.29 is 4.79 Å². The lowest BCUT2D eigenvalue weighted by Crippen LogP contribution is -2.18. The van der Waals surface area contributed by atoms with Gasteiger partial charge in [0.1, 0.15) is 0 Å². The summed E-state index contributed by atoms with van der Waals surface area (Å²) in [4.78, 5) is 28.8. The van der Waals surface area contributed by atoms with Gasteiger partial charge in [0.25, 0.3) is 5.56 Å². The lowest BCUT2D eigenvalue weighted by Gasteiger charge is -2.11. The molecule has 3 aromatic carbocycles. The van der Waals surface area contributed by atoms with Gasteiger partial charge < -0.3 is 4.98 Å². The summed E-state index contributed by atoms with van der Waals surface area (Å²) in [5.74, 6) is -0.338. The molecule has 0 aliphatic heterocycles. The highest BCUT2D eigenvalue weighted by Crippen LogP contribution is 2.31. The molecule has 4 aromatic rings. The highest BCUT2D eigenvalue weighted by molar-refractivity contribution is 9.10. The number of rotatable bonds is 5. The van der Waals surface area contributed by atoms with E-state index in [1.165, 1.54) is 6.08 Å². The standard InChI is InChI=1S/C26H18BrNO2/c27-20-15-16-22-21(17-20)24(19-12-5-2-6-13-19)25(26(30)28-22)23(29)14-8-7-11-18-9-3-1-4-10-18/h1-17H,(H,28,30)/b11-7+,14-8+. The average Bonchev–Trinajstić information content (AvgIpc) is 2.77. The van der Waals surface area contributed by atoms with Crippen molar-refractivity contribution in [3.63, 3.8) is 0 Å². The van der Waals surface area contributed by atoms with Gasteiger partial charge in [-0.3, -0.25) is 9.59 Å². The summed E-state index contributed by atoms with van der Waals surface area (Å²) in [5.41, 5.74) is 2.92. The molecule has 0 saturated carbocycles. The van der Waals surface area contributed by atoms with Crippen LogP contribution in [0.2, 0.25) is 0 Å². The van der Waals surface area contributed by atoms with Gasteiger partial charge in [0.2, 0.25) is 0 Å². The molecule has 0 atom stereocenters. The van der Waals surface area contributed by atoms with Gasteiger partial charge in [0.15, 0.2) is 5.78 Å². The number of benzene rings is 3. The van der Waals surface area contributed by atoms with E-state index < -0.39 is 5.56 Å². The molecule has 0 aliphatic carbocycles. The van der Waals surface area contributed by atoms with Crippen LogP contribution < -0.4 is 5.56 Å². The second kappa shape index (κ2) is 8.89. The predicted octanol–water partition coefficient (Wildman–Crippen LogP) is 6.41. The summed E-state index contributed by atoms with van der Waals surface area (Å²) in [5, 5.41) is 0.812. The van der Waals surface area contributed by atoms with Gasteiger partial charge in [-0.25, -0.2) is 0 Å². The third-order valence-electron chi connectivity index (χ3n) is 4.73. The summed E-state index contributed by atoms with van der Waals surface area (Å²) in [6.07, 6.45) is 6.79. The zero-order chi connectivity index (χ0) is 20.9. The van der Waals surface area contributed by atoms with Gasteiger partial charge in [0.05, 0.1) is 5.56 Å². The first-order valence-electron chi connectivity index (χ1n) is 9.48. The minimum Gasteiger partial charge on any atom is -0.321 e. The van der Waals surface area contributed by atoms with Crippen LogP contribution in [0.25, 0.3) is 28.1 Å². The van der Waals surface area contributed by atoms with Crippen LogP contribution in [0.1, 0.15) is 15.9 Å². The van der Waals surface area contributed by atoms with Gasteiger partial charge in [0, 0.05) is 20.9 Å². The van der Waals surface area contributed by atoms with Crippen LogP contribution in [0.5, 0.6) is 0 Å². The zero-order valence-electron chi connectivity index (χ0n) is 16.0. The molecule has 30 heavy (non-hydrogen) atoms. The topological polar surface area (TPSA) is 49.9 Å². The van der Waals surface area contributed by atoms with Gasteiger partial charge in [-0.1, -0.05) is 94.8 Å². The molecule has 146 valence electrons. The average molecular weight is 456 g/mol. The number of allylic oxidation sites excluding steroid dienone is 3. The number of pyridine rings is 1. The number of carbonyl (C=O) groups excluding carboxylic acids is 1. The molecule has 4 heteroatoms. The molecule has 1 aromatic heterocycles. The summed E-state index contributed by atoms with van der Waals surface area (Å²) in [7, 11) is 0. The first kappa shape index (κ1) is 19.8. The number of carbonyl (C=O) groups is 1. The molecule has 0 saturated heterocycles. The van der Waals surface area contributed by atoms with Gasteiger partial charge >= 0.3 is 0 Å². The molecule has 0 unspecified atom stereocenters. The van der Waals surface area contributed by atoms with Gasteiger partial charge in [-0.2, -0.15) is 0 Å². The zero-order valence-corrected chi connectivity index (χ0v) is 17.6. The van der Waals surface area contributed by atoms with Crippen molar-refractivity contribution in [3.05, 3.63) is 123 Å². The van der Waals surface area contributed by atoms with E-state index in [0.717, 1.165) is 21.0 Å². The number of aromatic nitrogens is 1. The SMILES string of the molecule is O=C(/C=C/C=C/c1ccccc1)c1c(-c2ccccc2)c2cc(Br)ccc2[nH]c1=O. The van der Waals surface area contributed by atoms with Crippen molar-refractivity contribution in [3.8, 4) is 11.1 Å². The molecule has 0 radical (unpaired) electrons. The van der Waals surface area contributed by atoms with Crippen LogP contribution in [0.3, 0.4) is 0 Å². The summed E-state index contributed by atoms with van der Waals surface area (Å²) in [6, 6.07) is 24.9. The highest BCUT2D eigenvalue weighted by atomic mass is 79.9. The normalized spacial score (nSPS) is 11.5. The Balaban J connectivity index is 1.81. The van der Waals surface area contributed by atoms with Crippen molar-refractivity contribution in [1.29, 1.82) is 0 Å². The van der Waals surface area contributed by atoms with Crippen molar-refractivity contribution in [2.75, 3.05) is 0 Å². The third kappa shape index (κ3) is 4.24. The summed E-state index contributed by atoms with van der Waals surface area (Å²) in [6.45, 7) is 0. The number of H-pyrrole nitrogens is 1. The van der Waals surface area contributed by atoms with E-state index in [0.29, 0.717) is 11.1 Å². The molecule has 0 amide bonds. The molecule has 0 bridgehead atoms. The summed E-state index contributed by atoms with van der Waals surface area (Å²) >= 11 is 3.49. The predicted molar refractivity (Wildman–Crippen MR) is 127 cm³/mol. The van der Waals surface area contributed by atoms with E-state index in [-0.39, 0.29) is 11.3 Å². The van der Waals surface area contributed by atoms with E-state index in [1.807, 2.05) is 84.9 Å². The van der Waals surface area contributed by atoms with E-state index >= 15 is 0 Å². The minimum atomic E-state index is -0.398. The third-order valence-corrected chi connectivity index (χ3v) is 5.23. The molecule has 3 nitrogen and oxygen atoms in total. The van der Waals surface area contributed by atoms with Crippen LogP contribution in [-0.4, -0.2) is 10.8 Å². The van der Waals surface area contributed by atoms with E-state index in [1.54, 1.807) is 12.2 Å². The monoisotopic (exact) mass is 455 g/mol. The molecule has 0 aliphatic rings. The van der Waals surface area contributed by atoms with Crippen LogP contribution in [-0.2, 0) is 0 Å². The molecule has 1 heterocycles. The Morgan fingerprint density at radius 3 is 2.30 bits per heavy atom. The maximum atomic E-state index is 13.0. The largest absolute Gasteiger partial charge is 0.321 e. The molecule has 0 spiro atoms. The Hall–Kier alpha value is -3.50. The number of halogens is 1. The van der Waals surface area contributed by atoms with Crippen LogP contribution in [0, 0.1) is 0 Å². The lowest BCUT2D eigenvalue weighted by molar-refractivity contribution is 0.104. The molecule has 1 N–H and O–H groups in total. The Kier molecular flexibility index (Phi) is 5.87. The van der Waals surface area contributed by atoms with E-state index in [2.05, 4.69) is 20.9 Å². The quantitative estimate of drug-likeness (QED) is 0.214. The second-order valence-electron chi connectivity index (χ2n) is 6.75. The summed E-state index contributed by atoms with van der Waals surface area (Å²) < 4.78 is 0.874. The Morgan fingerprint density at radius 2 is 1.57 bits per heavy atom. The number of hydrogen-bond acceptors (Lipinski definition) is 2. The van der Waals surface area contributed by atoms with Crippen LogP contribution in [0.15, 0.2) is 106 Å². The first-order valence-corrected chi connectivity index (χ1v) is 10.3. The number of ketones is 1. The van der Waals surface area contributed by atoms with Crippen LogP contribution in [0.4, 0.5) is 0 Å². The van der Waals surface area contributed by atoms with Gasteiger partial charge in [-0.05, 0) is 35.4 Å². The fraction of sp³-hybridized carbons (Fsp3) is 0. The fourth-order valence-corrected chi connectivity index (χ4v) is 3.72. The molecule has 0 fully saturated rings. The molecule has 4 rings (SSSR count). The number of nitrogens with one attached hydrogen (secondary N) is 1. The number of hydrogen-bond donors (Lipinski definition) is 1. The van der Waals surface area contributed by atoms with Crippen molar-refractivity contribution in [2.45, 2.75) is 0 Å². The second-order valence-corrected chi connectivity index (χ2v) is 7.67. The molecular weight excluding hydrogens is 438 g/mol. The number of aromatic amines is 1. The maximum absolute atomic E-state index is 13.0. The van der Waals surface area contributed by atoms with Crippen molar-refractivity contribution in [2.24, 2.45) is 0 Å². The maximum Gasteiger partial charge on any atom is 0.260 e. The Labute approximate surface area is 182 Å². The number of fused-ring (bicyclic) bond motifs is 1. The van der Waals surface area contributed by atoms with Crippen molar-refractivity contribution >= 4 is 38.7 Å². The Morgan fingerprint density at radius 1 is 0.867 bits per heavy atom. The van der Waals surface area contributed by atoms with E-state index in [9.17, 15) is 9.59 Å². The van der Waals surface area contributed by atoms with Crippen LogP contribution >= 0.6 is 15.9 Å². The highest BCUT2D eigenvalue weighted by Gasteiger charge is 2.19. The smallest absolute Gasteiger partial charge is 0.260 e. The fourth-order valence-electron chi connectivity index (χ4n) is 3.36. The van der Waals surface area contributed by atoms with Gasteiger partial charge in [-0.15, -0.1) is 0 Å². The lowest BCUT2D eigenvalue weighted by atomic mass is 9.94. The minimum absolute atomic E-state index is 0.135. The van der Waals surface area contributed by atoms with Crippen molar-refractivity contribution in [1.82, 2.24) is 4.98 Å². The molecular formula is C26H18BrNO2.